The van der Waals surface area contributed by atoms with E-state index in [2.05, 4.69) is 0 Å². The first kappa shape index (κ1) is 20.1. The second kappa shape index (κ2) is 8.57. The highest BCUT2D eigenvalue weighted by atomic mass is 35.5. The minimum atomic E-state index is -0.374. The van der Waals surface area contributed by atoms with E-state index in [-0.39, 0.29) is 17.7 Å². The van der Waals surface area contributed by atoms with E-state index < -0.39 is 0 Å². The van der Waals surface area contributed by atoms with E-state index in [1.54, 1.807) is 42.5 Å². The van der Waals surface area contributed by atoms with Crippen molar-refractivity contribution < 1.29 is 14.3 Å². The third-order valence-electron chi connectivity index (χ3n) is 3.77. The van der Waals surface area contributed by atoms with E-state index in [9.17, 15) is 9.59 Å². The van der Waals surface area contributed by atoms with E-state index in [1.807, 2.05) is 6.92 Å². The van der Waals surface area contributed by atoms with Crippen LogP contribution >= 0.6 is 46.6 Å². The molecule has 1 fully saturated rings. The smallest absolute Gasteiger partial charge is 0.293 e. The second-order valence-electron chi connectivity index (χ2n) is 5.63. The molecule has 3 rings (SSSR count). The SMILES string of the molecule is CCOc1ccc(/C=C2\SC(=O)N(Cc3ccc(Cl)cc3Cl)C2=O)cc1Cl. The standard InChI is InChI=1S/C19H14Cl3NO3S/c1-2-26-16-6-3-11(7-15(16)22)8-17-18(24)23(19(25)27-17)10-12-4-5-13(20)9-14(12)21/h3-9H,2,10H2,1H3/b17-8-. The molecule has 1 aliphatic heterocycles. The molecule has 4 nitrogen and oxygen atoms in total. The summed E-state index contributed by atoms with van der Waals surface area (Å²) in [4.78, 5) is 26.4. The Labute approximate surface area is 176 Å². The summed E-state index contributed by atoms with van der Waals surface area (Å²) < 4.78 is 5.39. The number of carbonyl (C=O) groups is 2. The highest BCUT2D eigenvalue weighted by Crippen LogP contribution is 2.35. The van der Waals surface area contributed by atoms with Gasteiger partial charge in [-0.3, -0.25) is 14.5 Å². The molecule has 1 aliphatic rings. The van der Waals surface area contributed by atoms with E-state index in [0.717, 1.165) is 16.7 Å². The van der Waals surface area contributed by atoms with Crippen molar-refractivity contribution in [2.75, 3.05) is 6.61 Å². The van der Waals surface area contributed by atoms with Crippen LogP contribution in [0.25, 0.3) is 6.08 Å². The van der Waals surface area contributed by atoms with Gasteiger partial charge in [0.15, 0.2) is 0 Å². The van der Waals surface area contributed by atoms with Gasteiger partial charge in [-0.25, -0.2) is 0 Å². The van der Waals surface area contributed by atoms with E-state index in [0.29, 0.717) is 43.5 Å². The summed E-state index contributed by atoms with van der Waals surface area (Å²) in [6.07, 6.45) is 1.63. The molecule has 0 bridgehead atoms. The van der Waals surface area contributed by atoms with Crippen LogP contribution in [0, 0.1) is 0 Å². The largest absolute Gasteiger partial charge is 0.492 e. The lowest BCUT2D eigenvalue weighted by molar-refractivity contribution is -0.123. The monoisotopic (exact) mass is 441 g/mol. The van der Waals surface area contributed by atoms with Crippen molar-refractivity contribution in [3.05, 3.63) is 67.5 Å². The van der Waals surface area contributed by atoms with Crippen molar-refractivity contribution in [3.63, 3.8) is 0 Å². The molecule has 2 amide bonds. The number of rotatable bonds is 5. The molecule has 0 saturated carbocycles. The molecular formula is C19H14Cl3NO3S. The summed E-state index contributed by atoms with van der Waals surface area (Å²) in [5.74, 6) is 0.197. The zero-order valence-corrected chi connectivity index (χ0v) is 17.3. The molecule has 0 atom stereocenters. The summed E-state index contributed by atoms with van der Waals surface area (Å²) in [5, 5.41) is 0.987. The maximum Gasteiger partial charge on any atom is 0.293 e. The van der Waals surface area contributed by atoms with Crippen LogP contribution in [0.2, 0.25) is 15.1 Å². The van der Waals surface area contributed by atoms with Crippen molar-refractivity contribution in [3.8, 4) is 5.75 Å². The minimum Gasteiger partial charge on any atom is -0.492 e. The van der Waals surface area contributed by atoms with Gasteiger partial charge in [0.05, 0.1) is 23.1 Å². The van der Waals surface area contributed by atoms with Crippen LogP contribution in [0.15, 0.2) is 41.3 Å². The van der Waals surface area contributed by atoms with Crippen molar-refractivity contribution in [2.45, 2.75) is 13.5 Å². The molecule has 27 heavy (non-hydrogen) atoms. The lowest BCUT2D eigenvalue weighted by Crippen LogP contribution is -2.27. The Morgan fingerprint density at radius 3 is 2.52 bits per heavy atom. The molecule has 8 heteroatoms. The summed E-state index contributed by atoms with van der Waals surface area (Å²) in [7, 11) is 0. The van der Waals surface area contributed by atoms with Crippen molar-refractivity contribution in [1.82, 2.24) is 4.90 Å². The van der Waals surface area contributed by atoms with Crippen molar-refractivity contribution in [1.29, 1.82) is 0 Å². The van der Waals surface area contributed by atoms with Gasteiger partial charge in [-0.2, -0.15) is 0 Å². The van der Waals surface area contributed by atoms with Crippen LogP contribution in [0.5, 0.6) is 5.75 Å². The summed E-state index contributed by atoms with van der Waals surface area (Å²) in [5.41, 5.74) is 1.35. The summed E-state index contributed by atoms with van der Waals surface area (Å²) >= 11 is 19.1. The van der Waals surface area contributed by atoms with Crippen molar-refractivity contribution in [2.24, 2.45) is 0 Å². The third kappa shape index (κ3) is 4.61. The lowest BCUT2D eigenvalue weighted by Gasteiger charge is -2.13. The van der Waals surface area contributed by atoms with E-state index in [1.165, 1.54) is 0 Å². The predicted molar refractivity (Wildman–Crippen MR) is 111 cm³/mol. The fourth-order valence-corrected chi connectivity index (χ4v) is 4.04. The summed E-state index contributed by atoms with van der Waals surface area (Å²) in [6.45, 7) is 2.46. The van der Waals surface area contributed by atoms with Crippen LogP contribution in [-0.4, -0.2) is 22.7 Å². The molecular weight excluding hydrogens is 429 g/mol. The molecule has 0 radical (unpaired) electrons. The van der Waals surface area contributed by atoms with Gasteiger partial charge in [-0.1, -0.05) is 46.9 Å². The van der Waals surface area contributed by atoms with Crippen LogP contribution in [0.4, 0.5) is 4.79 Å². The zero-order chi connectivity index (χ0) is 19.6. The van der Waals surface area contributed by atoms with Crippen LogP contribution in [-0.2, 0) is 11.3 Å². The van der Waals surface area contributed by atoms with E-state index in [4.69, 9.17) is 39.5 Å². The number of benzene rings is 2. The van der Waals surface area contributed by atoms with Gasteiger partial charge in [0.1, 0.15) is 5.75 Å². The Morgan fingerprint density at radius 1 is 1.07 bits per heavy atom. The molecule has 140 valence electrons. The minimum absolute atomic E-state index is 0.0854. The van der Waals surface area contributed by atoms with Gasteiger partial charge in [-0.15, -0.1) is 0 Å². The second-order valence-corrected chi connectivity index (χ2v) is 7.87. The number of halogens is 3. The topological polar surface area (TPSA) is 46.6 Å². The normalized spacial score (nSPS) is 15.7. The first-order valence-corrected chi connectivity index (χ1v) is 9.95. The van der Waals surface area contributed by atoms with Gasteiger partial charge in [-0.05, 0) is 60.2 Å². The lowest BCUT2D eigenvalue weighted by atomic mass is 10.2. The Morgan fingerprint density at radius 2 is 1.85 bits per heavy atom. The maximum absolute atomic E-state index is 12.6. The number of nitrogens with zero attached hydrogens (tertiary/aromatic N) is 1. The highest BCUT2D eigenvalue weighted by Gasteiger charge is 2.35. The Hall–Kier alpha value is -1.66. The van der Waals surface area contributed by atoms with Crippen LogP contribution < -0.4 is 4.74 Å². The molecule has 2 aromatic carbocycles. The number of amides is 2. The van der Waals surface area contributed by atoms with Crippen LogP contribution in [0.1, 0.15) is 18.1 Å². The van der Waals surface area contributed by atoms with Gasteiger partial charge < -0.3 is 4.74 Å². The number of hydrogen-bond acceptors (Lipinski definition) is 4. The Kier molecular flexibility index (Phi) is 6.37. The quantitative estimate of drug-likeness (QED) is 0.511. The molecule has 0 aliphatic carbocycles. The third-order valence-corrected chi connectivity index (χ3v) is 5.56. The molecule has 1 heterocycles. The average Bonchev–Trinajstić information content (AvgIpc) is 2.87. The Balaban J connectivity index is 1.81. The molecule has 2 aromatic rings. The fourth-order valence-electron chi connectivity index (χ4n) is 2.49. The molecule has 1 saturated heterocycles. The molecule has 0 N–H and O–H groups in total. The van der Waals surface area contributed by atoms with Gasteiger partial charge in [0.25, 0.3) is 11.1 Å². The highest BCUT2D eigenvalue weighted by molar-refractivity contribution is 8.18. The average molecular weight is 443 g/mol. The Bertz CT molecular complexity index is 946. The first-order chi connectivity index (χ1) is 12.9. The van der Waals surface area contributed by atoms with Gasteiger partial charge in [0, 0.05) is 10.0 Å². The number of carbonyl (C=O) groups excluding carboxylic acids is 2. The van der Waals surface area contributed by atoms with Gasteiger partial charge in [0.2, 0.25) is 0 Å². The first-order valence-electron chi connectivity index (χ1n) is 8.00. The number of hydrogen-bond donors (Lipinski definition) is 0. The van der Waals surface area contributed by atoms with Crippen LogP contribution in [0.3, 0.4) is 0 Å². The van der Waals surface area contributed by atoms with Gasteiger partial charge >= 0.3 is 0 Å². The fraction of sp³-hybridized carbons (Fsp3) is 0.158. The zero-order valence-electron chi connectivity index (χ0n) is 14.2. The van der Waals surface area contributed by atoms with E-state index >= 15 is 0 Å². The molecule has 0 aromatic heterocycles. The number of thioether (sulfide) groups is 1. The predicted octanol–water partition coefficient (Wildman–Crippen LogP) is 6.28. The van der Waals surface area contributed by atoms with Crippen molar-refractivity contribution >= 4 is 63.8 Å². The number of ether oxygens (including phenoxy) is 1. The molecule has 0 unspecified atom stereocenters. The maximum atomic E-state index is 12.6. The molecule has 0 spiro atoms. The number of imide groups is 1. The summed E-state index contributed by atoms with van der Waals surface area (Å²) in [6, 6.07) is 10.1.